The lowest BCUT2D eigenvalue weighted by atomic mass is 9.93. The Hall–Kier alpha value is -1.61. The van der Waals surface area contributed by atoms with Crippen molar-refractivity contribution in [2.45, 2.75) is 32.4 Å². The molecule has 0 fully saturated rings. The van der Waals surface area contributed by atoms with Crippen molar-refractivity contribution in [3.63, 3.8) is 0 Å². The van der Waals surface area contributed by atoms with Crippen LogP contribution >= 0.6 is 0 Å². The zero-order chi connectivity index (χ0) is 12.5. The van der Waals surface area contributed by atoms with Crippen LogP contribution < -0.4 is 5.73 Å². The molecule has 18 heavy (non-hydrogen) atoms. The lowest BCUT2D eigenvalue weighted by molar-refractivity contribution is 0.453. The number of aromatic nitrogens is 2. The van der Waals surface area contributed by atoms with E-state index in [1.54, 1.807) is 0 Å². The summed E-state index contributed by atoms with van der Waals surface area (Å²) in [5.74, 6) is 0.511. The summed E-state index contributed by atoms with van der Waals surface area (Å²) < 4.78 is 1.94. The van der Waals surface area contributed by atoms with Crippen LogP contribution in [0.5, 0.6) is 0 Å². The molecule has 3 nitrogen and oxygen atoms in total. The number of fused-ring (bicyclic) bond motifs is 1. The van der Waals surface area contributed by atoms with Crippen molar-refractivity contribution in [3.8, 4) is 0 Å². The van der Waals surface area contributed by atoms with Gasteiger partial charge in [-0.05, 0) is 36.8 Å². The number of hydrogen-bond donors (Lipinski definition) is 1. The lowest BCUT2D eigenvalue weighted by Crippen LogP contribution is -2.21. The molecule has 2 aromatic rings. The third-order valence-corrected chi connectivity index (χ3v) is 3.95. The monoisotopic (exact) mass is 241 g/mol. The standard InChI is InChI=1S/C15H19N3/c1-2-18-10-14(9-17-18)15(16)13-7-11-5-3-4-6-12(11)8-13/h3-6,9-10,13,15H,2,7-8,16H2,1H3. The number of benzene rings is 1. The molecule has 0 saturated carbocycles. The maximum Gasteiger partial charge on any atom is 0.0537 e. The minimum Gasteiger partial charge on any atom is -0.324 e. The van der Waals surface area contributed by atoms with E-state index in [1.165, 1.54) is 11.1 Å². The molecule has 3 rings (SSSR count). The number of nitrogens with two attached hydrogens (primary N) is 1. The van der Waals surface area contributed by atoms with Gasteiger partial charge in [-0.2, -0.15) is 5.10 Å². The van der Waals surface area contributed by atoms with Gasteiger partial charge in [0.15, 0.2) is 0 Å². The predicted octanol–water partition coefficient (Wildman–Crippen LogP) is 2.32. The van der Waals surface area contributed by atoms with E-state index in [0.29, 0.717) is 5.92 Å². The second kappa shape index (κ2) is 4.58. The minimum absolute atomic E-state index is 0.0951. The van der Waals surface area contributed by atoms with Gasteiger partial charge in [0.25, 0.3) is 0 Å². The van der Waals surface area contributed by atoms with Crippen molar-refractivity contribution in [1.82, 2.24) is 9.78 Å². The van der Waals surface area contributed by atoms with E-state index >= 15 is 0 Å². The zero-order valence-electron chi connectivity index (χ0n) is 10.7. The number of aryl methyl sites for hydroxylation is 1. The third kappa shape index (κ3) is 1.95. The second-order valence-electron chi connectivity index (χ2n) is 5.09. The van der Waals surface area contributed by atoms with Gasteiger partial charge in [-0.15, -0.1) is 0 Å². The van der Waals surface area contributed by atoms with Crippen molar-refractivity contribution < 1.29 is 0 Å². The van der Waals surface area contributed by atoms with Crippen LogP contribution in [0.2, 0.25) is 0 Å². The molecule has 0 aliphatic heterocycles. The molecule has 1 heterocycles. The predicted molar refractivity (Wildman–Crippen MR) is 72.2 cm³/mol. The second-order valence-corrected chi connectivity index (χ2v) is 5.09. The summed E-state index contributed by atoms with van der Waals surface area (Å²) in [4.78, 5) is 0. The van der Waals surface area contributed by atoms with E-state index in [-0.39, 0.29) is 6.04 Å². The Morgan fingerprint density at radius 1 is 1.33 bits per heavy atom. The van der Waals surface area contributed by atoms with Gasteiger partial charge in [0.2, 0.25) is 0 Å². The van der Waals surface area contributed by atoms with Gasteiger partial charge in [-0.3, -0.25) is 4.68 Å². The van der Waals surface area contributed by atoms with Crippen LogP contribution in [-0.4, -0.2) is 9.78 Å². The molecular weight excluding hydrogens is 222 g/mol. The maximum atomic E-state index is 6.39. The highest BCUT2D eigenvalue weighted by atomic mass is 15.3. The van der Waals surface area contributed by atoms with Gasteiger partial charge < -0.3 is 5.73 Å². The van der Waals surface area contributed by atoms with Gasteiger partial charge in [-0.25, -0.2) is 0 Å². The fraction of sp³-hybridized carbons (Fsp3) is 0.400. The molecule has 1 aliphatic rings. The molecule has 94 valence electrons. The first kappa shape index (κ1) is 11.5. The Kier molecular flexibility index (Phi) is 2.92. The van der Waals surface area contributed by atoms with Crippen LogP contribution in [-0.2, 0) is 19.4 Å². The Labute approximate surface area is 108 Å². The molecule has 0 radical (unpaired) electrons. The molecule has 1 aromatic heterocycles. The summed E-state index contributed by atoms with van der Waals surface area (Å²) >= 11 is 0. The van der Waals surface area contributed by atoms with Crippen LogP contribution in [0.1, 0.15) is 29.7 Å². The summed E-state index contributed by atoms with van der Waals surface area (Å²) in [6, 6.07) is 8.76. The third-order valence-electron chi connectivity index (χ3n) is 3.95. The van der Waals surface area contributed by atoms with Gasteiger partial charge in [0.05, 0.1) is 6.20 Å². The zero-order valence-corrected chi connectivity index (χ0v) is 10.7. The van der Waals surface area contributed by atoms with Gasteiger partial charge in [-0.1, -0.05) is 24.3 Å². The minimum atomic E-state index is 0.0951. The van der Waals surface area contributed by atoms with Crippen LogP contribution in [0.3, 0.4) is 0 Å². The highest BCUT2D eigenvalue weighted by Gasteiger charge is 2.27. The van der Waals surface area contributed by atoms with Crippen LogP contribution in [0.15, 0.2) is 36.7 Å². The first-order valence-electron chi connectivity index (χ1n) is 6.62. The van der Waals surface area contributed by atoms with Gasteiger partial charge in [0.1, 0.15) is 0 Å². The number of hydrogen-bond acceptors (Lipinski definition) is 2. The molecule has 3 heteroatoms. The Morgan fingerprint density at radius 2 is 2.00 bits per heavy atom. The molecule has 1 aliphatic carbocycles. The van der Waals surface area contributed by atoms with Crippen molar-refractivity contribution >= 4 is 0 Å². The molecule has 0 amide bonds. The van der Waals surface area contributed by atoms with Gasteiger partial charge >= 0.3 is 0 Å². The SMILES string of the molecule is CCn1cc(C(N)C2Cc3ccccc3C2)cn1. The molecule has 2 N–H and O–H groups in total. The topological polar surface area (TPSA) is 43.8 Å². The van der Waals surface area contributed by atoms with Gasteiger partial charge in [0, 0.05) is 24.3 Å². The van der Waals surface area contributed by atoms with E-state index in [4.69, 9.17) is 5.73 Å². The Bertz CT molecular complexity index is 519. The van der Waals surface area contributed by atoms with Crippen LogP contribution in [0.4, 0.5) is 0 Å². The smallest absolute Gasteiger partial charge is 0.0537 e. The summed E-state index contributed by atoms with van der Waals surface area (Å²) in [7, 11) is 0. The van der Waals surface area contributed by atoms with Crippen molar-refractivity contribution in [2.75, 3.05) is 0 Å². The summed E-state index contributed by atoms with van der Waals surface area (Å²) in [5, 5.41) is 4.31. The van der Waals surface area contributed by atoms with Crippen molar-refractivity contribution in [1.29, 1.82) is 0 Å². The average Bonchev–Trinajstić information content (AvgIpc) is 3.04. The normalized spacial score (nSPS) is 16.8. The molecule has 1 aromatic carbocycles. The van der Waals surface area contributed by atoms with E-state index in [1.807, 2.05) is 10.9 Å². The van der Waals surface area contributed by atoms with Crippen molar-refractivity contribution in [3.05, 3.63) is 53.3 Å². The summed E-state index contributed by atoms with van der Waals surface area (Å²) in [6.07, 6.45) is 6.17. The summed E-state index contributed by atoms with van der Waals surface area (Å²) in [6.45, 7) is 2.99. The molecule has 0 spiro atoms. The lowest BCUT2D eigenvalue weighted by Gasteiger charge is -2.17. The summed E-state index contributed by atoms with van der Waals surface area (Å²) in [5.41, 5.74) is 10.5. The van der Waals surface area contributed by atoms with E-state index in [2.05, 4.69) is 42.5 Å². The molecule has 1 unspecified atom stereocenters. The Morgan fingerprint density at radius 3 is 2.56 bits per heavy atom. The highest BCUT2D eigenvalue weighted by Crippen LogP contribution is 2.33. The molecule has 1 atom stereocenters. The fourth-order valence-electron chi connectivity index (χ4n) is 2.84. The van der Waals surface area contributed by atoms with Crippen LogP contribution in [0.25, 0.3) is 0 Å². The molecule has 0 bridgehead atoms. The Balaban J connectivity index is 1.77. The van der Waals surface area contributed by atoms with E-state index in [9.17, 15) is 0 Å². The molecular formula is C15H19N3. The number of rotatable bonds is 3. The number of nitrogens with zero attached hydrogens (tertiary/aromatic N) is 2. The first-order valence-corrected chi connectivity index (χ1v) is 6.62. The highest BCUT2D eigenvalue weighted by molar-refractivity contribution is 5.33. The maximum absolute atomic E-state index is 6.39. The quantitative estimate of drug-likeness (QED) is 0.896. The van der Waals surface area contributed by atoms with Crippen LogP contribution in [0, 0.1) is 5.92 Å². The van der Waals surface area contributed by atoms with E-state index < -0.39 is 0 Å². The molecule has 0 saturated heterocycles. The first-order chi connectivity index (χ1) is 8.78. The largest absolute Gasteiger partial charge is 0.324 e. The average molecular weight is 241 g/mol. The van der Waals surface area contributed by atoms with Crippen molar-refractivity contribution in [2.24, 2.45) is 11.7 Å². The fourth-order valence-corrected chi connectivity index (χ4v) is 2.84. The van der Waals surface area contributed by atoms with E-state index in [0.717, 1.165) is 24.9 Å².